The highest BCUT2D eigenvalue weighted by Gasteiger charge is 2.61. The van der Waals surface area contributed by atoms with Crippen LogP contribution >= 0.6 is 0 Å². The van der Waals surface area contributed by atoms with Gasteiger partial charge in [-0.2, -0.15) is 0 Å². The second-order valence-corrected chi connectivity index (χ2v) is 5.03. The lowest BCUT2D eigenvalue weighted by molar-refractivity contribution is -0.140. The fraction of sp³-hybridized carbons (Fsp3) is 0.533. The summed E-state index contributed by atoms with van der Waals surface area (Å²) in [5, 5.41) is 9.57. The summed E-state index contributed by atoms with van der Waals surface area (Å²) in [6.45, 7) is 7.09. The molecular weight excluding hydrogens is 226 g/mol. The van der Waals surface area contributed by atoms with Crippen LogP contribution in [0.5, 0.6) is 0 Å². The SMILES string of the molecule is CCN(CC)CC1CC1(C(=O)O)c1ccccc1. The Bertz CT molecular complexity index is 414. The van der Waals surface area contributed by atoms with Gasteiger partial charge in [-0.05, 0) is 31.0 Å². The predicted octanol–water partition coefficient (Wildman–Crippen LogP) is 2.37. The molecule has 0 amide bonds. The van der Waals surface area contributed by atoms with E-state index >= 15 is 0 Å². The molecule has 1 N–H and O–H groups in total. The van der Waals surface area contributed by atoms with Crippen molar-refractivity contribution in [3.05, 3.63) is 35.9 Å². The lowest BCUT2D eigenvalue weighted by atomic mass is 9.93. The molecule has 2 rings (SSSR count). The van der Waals surface area contributed by atoms with Gasteiger partial charge in [-0.25, -0.2) is 0 Å². The molecule has 0 heterocycles. The fourth-order valence-corrected chi connectivity index (χ4v) is 2.82. The topological polar surface area (TPSA) is 40.5 Å². The van der Waals surface area contributed by atoms with Crippen LogP contribution in [0.15, 0.2) is 30.3 Å². The molecule has 1 aliphatic rings. The van der Waals surface area contributed by atoms with E-state index in [9.17, 15) is 9.90 Å². The molecule has 1 fully saturated rings. The third-order valence-corrected chi connectivity index (χ3v) is 4.15. The van der Waals surface area contributed by atoms with E-state index in [0.29, 0.717) is 0 Å². The van der Waals surface area contributed by atoms with Crippen molar-refractivity contribution in [2.75, 3.05) is 19.6 Å². The summed E-state index contributed by atoms with van der Waals surface area (Å²) in [6.07, 6.45) is 0.767. The molecule has 0 radical (unpaired) electrons. The number of hydrogen-bond acceptors (Lipinski definition) is 2. The summed E-state index contributed by atoms with van der Waals surface area (Å²) in [7, 11) is 0. The van der Waals surface area contributed by atoms with Crippen LogP contribution in [0.1, 0.15) is 25.8 Å². The Balaban J connectivity index is 2.16. The Morgan fingerprint density at radius 2 is 1.94 bits per heavy atom. The van der Waals surface area contributed by atoms with E-state index in [1.165, 1.54) is 0 Å². The van der Waals surface area contributed by atoms with Gasteiger partial charge in [0.15, 0.2) is 0 Å². The van der Waals surface area contributed by atoms with Crippen molar-refractivity contribution in [2.24, 2.45) is 5.92 Å². The van der Waals surface area contributed by atoms with Gasteiger partial charge in [-0.15, -0.1) is 0 Å². The molecule has 0 spiro atoms. The summed E-state index contributed by atoms with van der Waals surface area (Å²) in [4.78, 5) is 13.9. The molecule has 1 aromatic carbocycles. The van der Waals surface area contributed by atoms with E-state index in [1.54, 1.807) is 0 Å². The third-order valence-electron chi connectivity index (χ3n) is 4.15. The van der Waals surface area contributed by atoms with Gasteiger partial charge in [0.05, 0.1) is 5.41 Å². The molecule has 3 nitrogen and oxygen atoms in total. The monoisotopic (exact) mass is 247 g/mol. The summed E-state index contributed by atoms with van der Waals surface area (Å²) >= 11 is 0. The minimum Gasteiger partial charge on any atom is -0.481 e. The Morgan fingerprint density at radius 1 is 1.33 bits per heavy atom. The molecule has 0 bridgehead atoms. The van der Waals surface area contributed by atoms with Crippen molar-refractivity contribution >= 4 is 5.97 Å². The molecule has 0 saturated heterocycles. The highest BCUT2D eigenvalue weighted by atomic mass is 16.4. The van der Waals surface area contributed by atoms with E-state index in [0.717, 1.165) is 31.6 Å². The van der Waals surface area contributed by atoms with Crippen molar-refractivity contribution in [1.29, 1.82) is 0 Å². The molecular formula is C15H21NO2. The molecule has 3 heteroatoms. The Morgan fingerprint density at radius 3 is 2.44 bits per heavy atom. The molecule has 1 saturated carbocycles. The Kier molecular flexibility index (Phi) is 3.71. The summed E-state index contributed by atoms with van der Waals surface area (Å²) in [5.41, 5.74) is 0.318. The minimum atomic E-state index is -0.675. The van der Waals surface area contributed by atoms with E-state index < -0.39 is 11.4 Å². The zero-order valence-corrected chi connectivity index (χ0v) is 11.1. The van der Waals surface area contributed by atoms with Crippen LogP contribution in [0, 0.1) is 5.92 Å². The Labute approximate surface area is 108 Å². The van der Waals surface area contributed by atoms with Crippen LogP contribution in [-0.2, 0) is 10.2 Å². The van der Waals surface area contributed by atoms with Gasteiger partial charge in [0, 0.05) is 6.54 Å². The van der Waals surface area contributed by atoms with Gasteiger partial charge in [-0.1, -0.05) is 44.2 Å². The number of carbonyl (C=O) groups is 1. The van der Waals surface area contributed by atoms with Crippen LogP contribution in [0.25, 0.3) is 0 Å². The van der Waals surface area contributed by atoms with Crippen molar-refractivity contribution in [2.45, 2.75) is 25.7 Å². The van der Waals surface area contributed by atoms with Crippen molar-refractivity contribution in [1.82, 2.24) is 4.90 Å². The second-order valence-electron chi connectivity index (χ2n) is 5.03. The zero-order chi connectivity index (χ0) is 13.2. The number of hydrogen-bond donors (Lipinski definition) is 1. The smallest absolute Gasteiger partial charge is 0.314 e. The van der Waals surface area contributed by atoms with Gasteiger partial charge in [-0.3, -0.25) is 4.79 Å². The lowest BCUT2D eigenvalue weighted by Gasteiger charge is -2.20. The molecule has 2 atom stereocenters. The summed E-state index contributed by atoms with van der Waals surface area (Å²) < 4.78 is 0. The number of carboxylic acid groups (broad SMARTS) is 1. The average molecular weight is 247 g/mol. The van der Waals surface area contributed by atoms with E-state index in [-0.39, 0.29) is 5.92 Å². The number of aliphatic carboxylic acids is 1. The maximum Gasteiger partial charge on any atom is 0.314 e. The van der Waals surface area contributed by atoms with E-state index in [2.05, 4.69) is 18.7 Å². The maximum atomic E-state index is 11.6. The van der Waals surface area contributed by atoms with Gasteiger partial charge >= 0.3 is 5.97 Å². The van der Waals surface area contributed by atoms with Gasteiger partial charge < -0.3 is 10.0 Å². The Hall–Kier alpha value is -1.35. The molecule has 0 aliphatic heterocycles. The number of nitrogens with zero attached hydrogens (tertiary/aromatic N) is 1. The molecule has 1 aromatic rings. The quantitative estimate of drug-likeness (QED) is 0.839. The largest absolute Gasteiger partial charge is 0.481 e. The highest BCUT2D eigenvalue weighted by molar-refractivity contribution is 5.85. The molecule has 2 unspecified atom stereocenters. The van der Waals surface area contributed by atoms with Crippen LogP contribution < -0.4 is 0 Å². The predicted molar refractivity (Wildman–Crippen MR) is 71.7 cm³/mol. The van der Waals surface area contributed by atoms with Crippen LogP contribution in [0.2, 0.25) is 0 Å². The first-order chi connectivity index (χ1) is 8.65. The number of rotatable bonds is 6. The van der Waals surface area contributed by atoms with Crippen LogP contribution in [0.3, 0.4) is 0 Å². The lowest BCUT2D eigenvalue weighted by Crippen LogP contribution is -2.30. The van der Waals surface area contributed by atoms with Gasteiger partial charge in [0.2, 0.25) is 0 Å². The minimum absolute atomic E-state index is 0.247. The standard InChI is InChI=1S/C15H21NO2/c1-3-16(4-2)11-13-10-15(13,14(17)18)12-8-6-5-7-9-12/h5-9,13H,3-4,10-11H2,1-2H3,(H,17,18). The third kappa shape index (κ3) is 2.15. The average Bonchev–Trinajstić information content (AvgIpc) is 3.12. The van der Waals surface area contributed by atoms with Crippen LogP contribution in [0.4, 0.5) is 0 Å². The number of benzene rings is 1. The zero-order valence-electron chi connectivity index (χ0n) is 11.1. The molecule has 18 heavy (non-hydrogen) atoms. The second kappa shape index (κ2) is 5.11. The maximum absolute atomic E-state index is 11.6. The first-order valence-corrected chi connectivity index (χ1v) is 6.66. The molecule has 98 valence electrons. The van der Waals surface area contributed by atoms with Crippen molar-refractivity contribution < 1.29 is 9.90 Å². The van der Waals surface area contributed by atoms with Gasteiger partial charge in [0.1, 0.15) is 0 Å². The van der Waals surface area contributed by atoms with Crippen molar-refractivity contribution in [3.8, 4) is 0 Å². The van der Waals surface area contributed by atoms with Crippen LogP contribution in [-0.4, -0.2) is 35.6 Å². The summed E-state index contributed by atoms with van der Waals surface area (Å²) in [6, 6.07) is 9.66. The van der Waals surface area contributed by atoms with Crippen molar-refractivity contribution in [3.63, 3.8) is 0 Å². The van der Waals surface area contributed by atoms with E-state index in [4.69, 9.17) is 0 Å². The first-order valence-electron chi connectivity index (χ1n) is 6.66. The highest BCUT2D eigenvalue weighted by Crippen LogP contribution is 2.54. The van der Waals surface area contributed by atoms with E-state index in [1.807, 2.05) is 30.3 Å². The molecule has 0 aromatic heterocycles. The molecule has 1 aliphatic carbocycles. The van der Waals surface area contributed by atoms with Gasteiger partial charge in [0.25, 0.3) is 0 Å². The normalized spacial score (nSPS) is 26.3. The fourth-order valence-electron chi connectivity index (χ4n) is 2.82. The summed E-state index contributed by atoms with van der Waals surface area (Å²) in [5.74, 6) is -0.428. The number of carboxylic acids is 1. The first kappa shape index (κ1) is 13.1.